The third-order valence-electron chi connectivity index (χ3n) is 4.57. The summed E-state index contributed by atoms with van der Waals surface area (Å²) in [4.78, 5) is 25.5. The molecular formula is C15H26N2O3. The van der Waals surface area contributed by atoms with Crippen LogP contribution in [0.4, 0.5) is 4.79 Å². The number of likely N-dealkylation sites (tertiary alicyclic amines) is 1. The van der Waals surface area contributed by atoms with E-state index in [1.165, 1.54) is 19.3 Å². The molecular weight excluding hydrogens is 256 g/mol. The van der Waals surface area contributed by atoms with Crippen molar-refractivity contribution in [2.75, 3.05) is 6.54 Å². The van der Waals surface area contributed by atoms with Crippen LogP contribution in [0.1, 0.15) is 52.4 Å². The first kappa shape index (κ1) is 15.1. The van der Waals surface area contributed by atoms with Gasteiger partial charge in [0.15, 0.2) is 0 Å². The van der Waals surface area contributed by atoms with Crippen molar-refractivity contribution in [1.82, 2.24) is 10.2 Å². The number of nitrogens with zero attached hydrogens (tertiary/aromatic N) is 1. The van der Waals surface area contributed by atoms with Crippen LogP contribution in [-0.4, -0.2) is 40.6 Å². The first-order chi connectivity index (χ1) is 9.49. The van der Waals surface area contributed by atoms with Gasteiger partial charge in [0.1, 0.15) is 6.04 Å². The Hall–Kier alpha value is -1.26. The zero-order valence-electron chi connectivity index (χ0n) is 12.5. The van der Waals surface area contributed by atoms with E-state index in [-0.39, 0.29) is 11.9 Å². The number of carboxylic acid groups (broad SMARTS) is 1. The lowest BCUT2D eigenvalue weighted by Gasteiger charge is -2.32. The predicted octanol–water partition coefficient (Wildman–Crippen LogP) is 2.46. The SMILES string of the molecule is CC(C)C[C@@H](NC(=O)N1CCC2CCCCC21)C(=O)O. The average molecular weight is 282 g/mol. The number of carbonyl (C=O) groups is 2. The van der Waals surface area contributed by atoms with E-state index in [1.54, 1.807) is 0 Å². The molecule has 1 saturated carbocycles. The zero-order chi connectivity index (χ0) is 14.7. The highest BCUT2D eigenvalue weighted by atomic mass is 16.4. The molecule has 2 amide bonds. The van der Waals surface area contributed by atoms with Crippen LogP contribution < -0.4 is 5.32 Å². The van der Waals surface area contributed by atoms with E-state index in [4.69, 9.17) is 0 Å². The summed E-state index contributed by atoms with van der Waals surface area (Å²) in [6.45, 7) is 4.71. The molecule has 0 aromatic heterocycles. The number of hydrogen-bond acceptors (Lipinski definition) is 2. The summed E-state index contributed by atoms with van der Waals surface area (Å²) in [6.07, 6.45) is 6.27. The molecule has 5 heteroatoms. The molecule has 2 rings (SSSR count). The van der Waals surface area contributed by atoms with E-state index in [1.807, 2.05) is 18.7 Å². The molecule has 0 radical (unpaired) electrons. The molecule has 0 aromatic carbocycles. The second-order valence-electron chi connectivity index (χ2n) is 6.56. The highest BCUT2D eigenvalue weighted by Gasteiger charge is 2.39. The summed E-state index contributed by atoms with van der Waals surface area (Å²) >= 11 is 0. The molecule has 0 bridgehead atoms. The molecule has 3 atom stereocenters. The number of fused-ring (bicyclic) bond motifs is 1. The second-order valence-corrected chi connectivity index (χ2v) is 6.56. The molecule has 2 fully saturated rings. The van der Waals surface area contributed by atoms with Gasteiger partial charge in [-0.2, -0.15) is 0 Å². The van der Waals surface area contributed by atoms with Gasteiger partial charge in [0, 0.05) is 12.6 Å². The lowest BCUT2D eigenvalue weighted by Crippen LogP contribution is -2.50. The van der Waals surface area contributed by atoms with Crippen LogP contribution in [-0.2, 0) is 4.79 Å². The smallest absolute Gasteiger partial charge is 0.326 e. The van der Waals surface area contributed by atoms with Crippen LogP contribution in [0.5, 0.6) is 0 Å². The third-order valence-corrected chi connectivity index (χ3v) is 4.57. The number of carbonyl (C=O) groups excluding carboxylic acids is 1. The maximum atomic E-state index is 12.3. The molecule has 0 aromatic rings. The molecule has 2 unspecified atom stereocenters. The Morgan fingerprint density at radius 3 is 2.60 bits per heavy atom. The molecule has 2 N–H and O–H groups in total. The van der Waals surface area contributed by atoms with E-state index < -0.39 is 12.0 Å². The van der Waals surface area contributed by atoms with Crippen molar-refractivity contribution in [3.05, 3.63) is 0 Å². The fourth-order valence-corrected chi connectivity index (χ4v) is 3.58. The summed E-state index contributed by atoms with van der Waals surface area (Å²) < 4.78 is 0. The minimum Gasteiger partial charge on any atom is -0.480 e. The monoisotopic (exact) mass is 282 g/mol. The minimum atomic E-state index is -0.938. The largest absolute Gasteiger partial charge is 0.480 e. The van der Waals surface area contributed by atoms with Crippen molar-refractivity contribution < 1.29 is 14.7 Å². The molecule has 2 aliphatic rings. The van der Waals surface area contributed by atoms with Gasteiger partial charge in [0.05, 0.1) is 0 Å². The number of carboxylic acids is 1. The van der Waals surface area contributed by atoms with Gasteiger partial charge < -0.3 is 15.3 Å². The normalized spacial score (nSPS) is 27.2. The first-order valence-corrected chi connectivity index (χ1v) is 7.79. The van der Waals surface area contributed by atoms with Gasteiger partial charge in [0.2, 0.25) is 0 Å². The number of urea groups is 1. The van der Waals surface area contributed by atoms with Gasteiger partial charge in [-0.3, -0.25) is 0 Å². The maximum absolute atomic E-state index is 12.3. The van der Waals surface area contributed by atoms with Crippen molar-refractivity contribution >= 4 is 12.0 Å². The Morgan fingerprint density at radius 1 is 1.25 bits per heavy atom. The van der Waals surface area contributed by atoms with Crippen LogP contribution in [0.25, 0.3) is 0 Å². The van der Waals surface area contributed by atoms with E-state index in [2.05, 4.69) is 5.32 Å². The number of hydrogen-bond donors (Lipinski definition) is 2. The van der Waals surface area contributed by atoms with E-state index in [0.717, 1.165) is 19.4 Å². The number of nitrogens with one attached hydrogen (secondary N) is 1. The molecule has 1 saturated heterocycles. The second kappa shape index (κ2) is 6.46. The van der Waals surface area contributed by atoms with Crippen LogP contribution >= 0.6 is 0 Å². The van der Waals surface area contributed by atoms with E-state index in [9.17, 15) is 14.7 Å². The summed E-state index contributed by atoms with van der Waals surface area (Å²) in [6, 6.07) is -0.630. The van der Waals surface area contributed by atoms with Gasteiger partial charge in [-0.25, -0.2) is 9.59 Å². The van der Waals surface area contributed by atoms with E-state index in [0.29, 0.717) is 18.4 Å². The summed E-state index contributed by atoms with van der Waals surface area (Å²) in [5.41, 5.74) is 0. The molecule has 114 valence electrons. The minimum absolute atomic E-state index is 0.188. The quantitative estimate of drug-likeness (QED) is 0.832. The molecule has 20 heavy (non-hydrogen) atoms. The van der Waals surface area contributed by atoms with Crippen molar-refractivity contribution in [2.24, 2.45) is 11.8 Å². The van der Waals surface area contributed by atoms with Crippen molar-refractivity contribution in [1.29, 1.82) is 0 Å². The van der Waals surface area contributed by atoms with Gasteiger partial charge in [-0.05, 0) is 37.5 Å². The maximum Gasteiger partial charge on any atom is 0.326 e. The third kappa shape index (κ3) is 3.44. The Morgan fingerprint density at radius 2 is 1.95 bits per heavy atom. The highest BCUT2D eigenvalue weighted by molar-refractivity contribution is 5.82. The number of aliphatic carboxylic acids is 1. The first-order valence-electron chi connectivity index (χ1n) is 7.79. The average Bonchev–Trinajstić information content (AvgIpc) is 2.81. The highest BCUT2D eigenvalue weighted by Crippen LogP contribution is 2.36. The van der Waals surface area contributed by atoms with E-state index >= 15 is 0 Å². The fourth-order valence-electron chi connectivity index (χ4n) is 3.58. The van der Waals surface area contributed by atoms with Crippen molar-refractivity contribution in [3.63, 3.8) is 0 Å². The van der Waals surface area contributed by atoms with Gasteiger partial charge >= 0.3 is 12.0 Å². The molecule has 1 aliphatic heterocycles. The Balaban J connectivity index is 1.94. The lowest BCUT2D eigenvalue weighted by molar-refractivity contribution is -0.139. The van der Waals surface area contributed by atoms with Gasteiger partial charge in [0.25, 0.3) is 0 Å². The van der Waals surface area contributed by atoms with Crippen molar-refractivity contribution in [3.8, 4) is 0 Å². The fraction of sp³-hybridized carbons (Fsp3) is 0.867. The number of rotatable bonds is 4. The zero-order valence-corrected chi connectivity index (χ0v) is 12.5. The van der Waals surface area contributed by atoms with Gasteiger partial charge in [-0.1, -0.05) is 26.7 Å². The topological polar surface area (TPSA) is 69.6 Å². The van der Waals surface area contributed by atoms with Crippen LogP contribution in [0, 0.1) is 11.8 Å². The lowest BCUT2D eigenvalue weighted by atomic mass is 9.85. The van der Waals surface area contributed by atoms with Crippen LogP contribution in [0.3, 0.4) is 0 Å². The predicted molar refractivity (Wildman–Crippen MR) is 76.5 cm³/mol. The Bertz CT molecular complexity index is 370. The summed E-state index contributed by atoms with van der Waals surface area (Å²) in [7, 11) is 0. The van der Waals surface area contributed by atoms with Crippen LogP contribution in [0.2, 0.25) is 0 Å². The molecule has 0 spiro atoms. The van der Waals surface area contributed by atoms with Gasteiger partial charge in [-0.15, -0.1) is 0 Å². The summed E-state index contributed by atoms with van der Waals surface area (Å²) in [5, 5.41) is 11.9. The standard InChI is InChI=1S/C15H26N2O3/c1-10(2)9-12(14(18)19)16-15(20)17-8-7-11-5-3-4-6-13(11)17/h10-13H,3-9H2,1-2H3,(H,16,20)(H,18,19)/t11?,12-,13?/m1/s1. The van der Waals surface area contributed by atoms with Crippen molar-refractivity contribution in [2.45, 2.75) is 64.5 Å². The molecule has 1 heterocycles. The molecule has 1 aliphatic carbocycles. The summed E-state index contributed by atoms with van der Waals surface area (Å²) in [5.74, 6) is -0.0632. The Kier molecular flexibility index (Phi) is 4.89. The van der Waals surface area contributed by atoms with Crippen LogP contribution in [0.15, 0.2) is 0 Å². The molecule has 5 nitrogen and oxygen atoms in total. The number of amides is 2. The Labute approximate surface area is 120 Å².